The second-order valence-corrected chi connectivity index (χ2v) is 12.7. The van der Waals surface area contributed by atoms with E-state index >= 15 is 0 Å². The lowest BCUT2D eigenvalue weighted by Crippen LogP contribution is -2.42. The lowest BCUT2D eigenvalue weighted by atomic mass is 9.91. The highest BCUT2D eigenvalue weighted by molar-refractivity contribution is 7.12. The minimum absolute atomic E-state index is 0.120. The molecule has 0 bridgehead atoms. The largest absolute Gasteiger partial charge is 0.481 e. The third kappa shape index (κ3) is 6.28. The van der Waals surface area contributed by atoms with Crippen LogP contribution in [0.5, 0.6) is 5.88 Å². The minimum atomic E-state index is -0.472. The standard InChI is InChI=1S/C29H41N3O4S/c1-18-15-19(2)30-26(35-7)22(18)17-32-12-8-9-23-25(27(32)33)20(3)24(37-23)16-21-10-13-31(14-11-21)28(34)36-29(4,5)6/h15,21H,8-14,16-17H2,1-7H3. The Kier molecular flexibility index (Phi) is 8.17. The zero-order valence-electron chi connectivity index (χ0n) is 23.4. The summed E-state index contributed by atoms with van der Waals surface area (Å²) in [5.74, 6) is 1.24. The van der Waals surface area contributed by atoms with Crippen molar-refractivity contribution in [2.24, 2.45) is 5.92 Å². The molecule has 0 aliphatic carbocycles. The monoisotopic (exact) mass is 527 g/mol. The van der Waals surface area contributed by atoms with Crippen molar-refractivity contribution >= 4 is 23.3 Å². The highest BCUT2D eigenvalue weighted by Crippen LogP contribution is 2.36. The molecule has 0 radical (unpaired) electrons. The number of aryl methyl sites for hydroxylation is 3. The first kappa shape index (κ1) is 27.4. The van der Waals surface area contributed by atoms with Crippen LogP contribution in [0, 0.1) is 26.7 Å². The first-order chi connectivity index (χ1) is 17.5. The Bertz CT molecular complexity index is 1160. The van der Waals surface area contributed by atoms with Crippen LogP contribution in [0.3, 0.4) is 0 Å². The van der Waals surface area contributed by atoms with Crippen LogP contribution < -0.4 is 4.74 Å². The summed E-state index contributed by atoms with van der Waals surface area (Å²) in [4.78, 5) is 37.1. The summed E-state index contributed by atoms with van der Waals surface area (Å²) in [5, 5.41) is 0. The van der Waals surface area contributed by atoms with E-state index in [4.69, 9.17) is 9.47 Å². The molecule has 7 nitrogen and oxygen atoms in total. The molecule has 1 saturated heterocycles. The normalized spacial score (nSPS) is 17.0. The zero-order valence-corrected chi connectivity index (χ0v) is 24.2. The van der Waals surface area contributed by atoms with Gasteiger partial charge in [0, 0.05) is 40.6 Å². The van der Waals surface area contributed by atoms with Gasteiger partial charge in [-0.15, -0.1) is 11.3 Å². The average Bonchev–Trinajstić information content (AvgIpc) is 3.03. The number of carbonyl (C=O) groups excluding carboxylic acids is 2. The van der Waals surface area contributed by atoms with Crippen LogP contribution in [-0.4, -0.2) is 59.1 Å². The van der Waals surface area contributed by atoms with Gasteiger partial charge in [-0.3, -0.25) is 4.79 Å². The maximum Gasteiger partial charge on any atom is 0.410 e. The maximum atomic E-state index is 13.8. The van der Waals surface area contributed by atoms with Crippen LogP contribution >= 0.6 is 11.3 Å². The fourth-order valence-corrected chi connectivity index (χ4v) is 6.87. The number of thiophene rings is 1. The Labute approximate surface area is 225 Å². The molecule has 0 atom stereocenters. The van der Waals surface area contributed by atoms with E-state index in [1.54, 1.807) is 7.11 Å². The average molecular weight is 528 g/mol. The summed E-state index contributed by atoms with van der Waals surface area (Å²) in [5.41, 5.74) is 4.56. The van der Waals surface area contributed by atoms with Gasteiger partial charge in [0.25, 0.3) is 5.91 Å². The van der Waals surface area contributed by atoms with E-state index < -0.39 is 5.60 Å². The van der Waals surface area contributed by atoms with Crippen molar-refractivity contribution in [3.63, 3.8) is 0 Å². The third-order valence-electron chi connectivity index (χ3n) is 7.37. The summed E-state index contributed by atoms with van der Waals surface area (Å²) >= 11 is 1.82. The molecule has 2 aromatic rings. The molecule has 0 N–H and O–H groups in total. The van der Waals surface area contributed by atoms with Crippen molar-refractivity contribution in [3.05, 3.63) is 43.8 Å². The Morgan fingerprint density at radius 1 is 1.16 bits per heavy atom. The molecule has 2 aliphatic heterocycles. The van der Waals surface area contributed by atoms with Gasteiger partial charge in [0.2, 0.25) is 5.88 Å². The molecule has 2 amide bonds. The number of nitrogens with zero attached hydrogens (tertiary/aromatic N) is 3. The van der Waals surface area contributed by atoms with Crippen LogP contribution in [0.4, 0.5) is 4.79 Å². The van der Waals surface area contributed by atoms with Gasteiger partial charge in [0.1, 0.15) is 5.60 Å². The molecule has 0 aromatic carbocycles. The number of fused-ring (bicyclic) bond motifs is 1. The molecule has 0 saturated carbocycles. The van der Waals surface area contributed by atoms with Crippen LogP contribution in [0.15, 0.2) is 6.07 Å². The van der Waals surface area contributed by atoms with Crippen molar-refractivity contribution < 1.29 is 19.1 Å². The molecule has 37 heavy (non-hydrogen) atoms. The van der Waals surface area contributed by atoms with Crippen LogP contribution in [-0.2, 0) is 24.1 Å². The second-order valence-electron chi connectivity index (χ2n) is 11.5. The van der Waals surface area contributed by atoms with Gasteiger partial charge in [0.15, 0.2) is 0 Å². The fraction of sp³-hybridized carbons (Fsp3) is 0.621. The van der Waals surface area contributed by atoms with Gasteiger partial charge in [0.05, 0.1) is 19.2 Å². The number of hydrogen-bond donors (Lipinski definition) is 0. The lowest BCUT2D eigenvalue weighted by Gasteiger charge is -2.33. The smallest absolute Gasteiger partial charge is 0.410 e. The molecule has 2 aliphatic rings. The molecular weight excluding hydrogens is 486 g/mol. The number of rotatable bonds is 5. The third-order valence-corrected chi connectivity index (χ3v) is 8.75. The Morgan fingerprint density at radius 3 is 2.51 bits per heavy atom. The van der Waals surface area contributed by atoms with E-state index in [2.05, 4.69) is 18.8 Å². The number of likely N-dealkylation sites (tertiary alicyclic amines) is 1. The minimum Gasteiger partial charge on any atom is -0.481 e. The van der Waals surface area contributed by atoms with E-state index in [1.165, 1.54) is 9.75 Å². The molecular formula is C29H41N3O4S. The van der Waals surface area contributed by atoms with Crippen LogP contribution in [0.2, 0.25) is 0 Å². The summed E-state index contributed by atoms with van der Waals surface area (Å²) in [6, 6.07) is 2.05. The van der Waals surface area contributed by atoms with E-state index in [0.717, 1.165) is 79.7 Å². The predicted molar refractivity (Wildman–Crippen MR) is 147 cm³/mol. The summed E-state index contributed by atoms with van der Waals surface area (Å²) in [7, 11) is 1.64. The summed E-state index contributed by atoms with van der Waals surface area (Å²) in [6.45, 7) is 14.5. The number of piperidine rings is 1. The van der Waals surface area contributed by atoms with Crippen molar-refractivity contribution in [2.75, 3.05) is 26.7 Å². The number of methoxy groups -OCH3 is 1. The van der Waals surface area contributed by atoms with Crippen molar-refractivity contribution in [1.29, 1.82) is 0 Å². The Hall–Kier alpha value is -2.61. The van der Waals surface area contributed by atoms with E-state index in [0.29, 0.717) is 18.3 Å². The SMILES string of the molecule is COc1nc(C)cc(C)c1CN1CCCc2sc(CC3CCN(C(=O)OC(C)(C)C)CC3)c(C)c2C1=O. The molecule has 1 fully saturated rings. The molecule has 0 spiro atoms. The summed E-state index contributed by atoms with van der Waals surface area (Å²) in [6.07, 6.45) is 4.55. The van der Waals surface area contributed by atoms with Gasteiger partial charge < -0.3 is 19.3 Å². The van der Waals surface area contributed by atoms with E-state index in [-0.39, 0.29) is 12.0 Å². The van der Waals surface area contributed by atoms with Gasteiger partial charge in [-0.25, -0.2) is 9.78 Å². The highest BCUT2D eigenvalue weighted by Gasteiger charge is 2.31. The van der Waals surface area contributed by atoms with Crippen molar-refractivity contribution in [2.45, 2.75) is 85.8 Å². The van der Waals surface area contributed by atoms with Crippen molar-refractivity contribution in [3.8, 4) is 5.88 Å². The Balaban J connectivity index is 1.45. The number of ether oxygens (including phenoxy) is 2. The maximum absolute atomic E-state index is 13.8. The number of hydrogen-bond acceptors (Lipinski definition) is 6. The topological polar surface area (TPSA) is 72.0 Å². The number of amides is 2. The van der Waals surface area contributed by atoms with Crippen LogP contribution in [0.25, 0.3) is 0 Å². The lowest BCUT2D eigenvalue weighted by molar-refractivity contribution is 0.0184. The number of aromatic nitrogens is 1. The second kappa shape index (κ2) is 11.0. The van der Waals surface area contributed by atoms with Crippen molar-refractivity contribution in [1.82, 2.24) is 14.8 Å². The molecule has 2 aromatic heterocycles. The quantitative estimate of drug-likeness (QED) is 0.487. The molecule has 4 rings (SSSR count). The number of carbonyl (C=O) groups is 2. The highest BCUT2D eigenvalue weighted by atomic mass is 32.1. The number of pyridine rings is 1. The first-order valence-corrected chi connectivity index (χ1v) is 14.2. The van der Waals surface area contributed by atoms with Gasteiger partial charge in [-0.2, -0.15) is 0 Å². The molecule has 8 heteroatoms. The summed E-state index contributed by atoms with van der Waals surface area (Å²) < 4.78 is 11.1. The molecule has 4 heterocycles. The van der Waals surface area contributed by atoms with Crippen LogP contribution in [0.1, 0.15) is 82.5 Å². The Morgan fingerprint density at radius 2 is 1.86 bits per heavy atom. The predicted octanol–water partition coefficient (Wildman–Crippen LogP) is 5.86. The molecule has 202 valence electrons. The molecule has 0 unspecified atom stereocenters. The zero-order chi connectivity index (χ0) is 26.9. The van der Waals surface area contributed by atoms with E-state index in [1.807, 2.05) is 54.9 Å². The van der Waals surface area contributed by atoms with Gasteiger partial charge in [-0.05, 0) is 96.8 Å². The van der Waals surface area contributed by atoms with Gasteiger partial charge in [-0.1, -0.05) is 0 Å². The first-order valence-electron chi connectivity index (χ1n) is 13.4. The fourth-order valence-electron chi connectivity index (χ4n) is 5.41. The van der Waals surface area contributed by atoms with E-state index in [9.17, 15) is 9.59 Å². The van der Waals surface area contributed by atoms with Gasteiger partial charge >= 0.3 is 6.09 Å².